The molecular formula is C19H24N2O2. The predicted octanol–water partition coefficient (Wildman–Crippen LogP) is 3.85. The van der Waals surface area contributed by atoms with Gasteiger partial charge in [0.2, 0.25) is 0 Å². The zero-order valence-corrected chi connectivity index (χ0v) is 14.3. The van der Waals surface area contributed by atoms with E-state index in [9.17, 15) is 4.79 Å². The van der Waals surface area contributed by atoms with Crippen LogP contribution < -0.4 is 0 Å². The summed E-state index contributed by atoms with van der Waals surface area (Å²) in [6, 6.07) is 9.83. The van der Waals surface area contributed by atoms with Crippen molar-refractivity contribution >= 4 is 12.0 Å². The summed E-state index contributed by atoms with van der Waals surface area (Å²) in [5.74, 6) is -0.255. The average molecular weight is 312 g/mol. The Morgan fingerprint density at radius 2 is 1.91 bits per heavy atom. The van der Waals surface area contributed by atoms with Crippen LogP contribution in [0.4, 0.5) is 0 Å². The minimum absolute atomic E-state index is 0.255. The van der Waals surface area contributed by atoms with E-state index in [1.165, 1.54) is 5.56 Å². The molecule has 0 aliphatic heterocycles. The molecule has 4 nitrogen and oxygen atoms in total. The molecule has 0 saturated heterocycles. The lowest BCUT2D eigenvalue weighted by Crippen LogP contribution is -2.11. The topological polar surface area (TPSA) is 44.1 Å². The number of hydrogen-bond donors (Lipinski definition) is 0. The minimum Gasteiger partial charge on any atom is -0.463 e. The third kappa shape index (κ3) is 4.31. The molecular weight excluding hydrogens is 288 g/mol. The maximum Gasteiger partial charge on any atom is 0.334 e. The van der Waals surface area contributed by atoms with Crippen LogP contribution >= 0.6 is 0 Å². The molecule has 0 fully saturated rings. The van der Waals surface area contributed by atoms with Crippen LogP contribution in [0, 0.1) is 20.8 Å². The minimum atomic E-state index is -0.255. The number of ether oxygens (including phenoxy) is 1. The van der Waals surface area contributed by atoms with E-state index in [1.54, 1.807) is 0 Å². The van der Waals surface area contributed by atoms with Crippen LogP contribution in [0.15, 0.2) is 35.9 Å². The van der Waals surface area contributed by atoms with Gasteiger partial charge in [-0.1, -0.05) is 30.3 Å². The molecule has 0 unspecified atom stereocenters. The Labute approximate surface area is 137 Å². The summed E-state index contributed by atoms with van der Waals surface area (Å²) >= 11 is 0. The lowest BCUT2D eigenvalue weighted by molar-refractivity contribution is -0.138. The SMILES string of the molecule is CCOC(=O)/C(=C\c1ccccc1)CCn1nc(C)c(C)c1C. The van der Waals surface area contributed by atoms with Crippen LogP contribution in [0.3, 0.4) is 0 Å². The zero-order valence-electron chi connectivity index (χ0n) is 14.3. The Hall–Kier alpha value is -2.36. The van der Waals surface area contributed by atoms with Crippen molar-refractivity contribution in [3.8, 4) is 0 Å². The average Bonchev–Trinajstić information content (AvgIpc) is 2.79. The Bertz CT molecular complexity index is 700. The number of carbonyl (C=O) groups is 1. The van der Waals surface area contributed by atoms with Gasteiger partial charge in [0, 0.05) is 17.8 Å². The molecule has 1 aromatic carbocycles. The number of carbonyl (C=O) groups excluding carboxylic acids is 1. The number of aromatic nitrogens is 2. The maximum atomic E-state index is 12.2. The second-order valence-electron chi connectivity index (χ2n) is 5.57. The van der Waals surface area contributed by atoms with Crippen molar-refractivity contribution in [2.24, 2.45) is 0 Å². The number of nitrogens with zero attached hydrogens (tertiary/aromatic N) is 2. The Morgan fingerprint density at radius 1 is 1.22 bits per heavy atom. The standard InChI is InChI=1S/C19H24N2O2/c1-5-23-19(22)18(13-17-9-7-6-8-10-17)11-12-21-16(4)14(2)15(3)20-21/h6-10,13H,5,11-12H2,1-4H3/b18-13-. The Morgan fingerprint density at radius 3 is 2.48 bits per heavy atom. The molecule has 2 rings (SSSR count). The van der Waals surface area contributed by atoms with Gasteiger partial charge < -0.3 is 4.74 Å². The van der Waals surface area contributed by atoms with Crippen LogP contribution in [0.5, 0.6) is 0 Å². The van der Waals surface area contributed by atoms with Gasteiger partial charge >= 0.3 is 5.97 Å². The second-order valence-corrected chi connectivity index (χ2v) is 5.57. The second kappa shape index (κ2) is 7.77. The van der Waals surface area contributed by atoms with Crippen LogP contribution in [0.2, 0.25) is 0 Å². The highest BCUT2D eigenvalue weighted by atomic mass is 16.5. The fourth-order valence-corrected chi connectivity index (χ4v) is 2.44. The Kier molecular flexibility index (Phi) is 5.74. The van der Waals surface area contributed by atoms with Gasteiger partial charge in [-0.3, -0.25) is 4.68 Å². The molecule has 1 aromatic heterocycles. The van der Waals surface area contributed by atoms with Gasteiger partial charge in [0.15, 0.2) is 0 Å². The smallest absolute Gasteiger partial charge is 0.334 e. The first-order chi connectivity index (χ1) is 11.0. The Balaban J connectivity index is 2.19. The van der Waals surface area contributed by atoms with E-state index in [1.807, 2.05) is 54.9 Å². The molecule has 0 aliphatic carbocycles. The largest absolute Gasteiger partial charge is 0.463 e. The van der Waals surface area contributed by atoms with Gasteiger partial charge in [-0.2, -0.15) is 5.10 Å². The van der Waals surface area contributed by atoms with Gasteiger partial charge in [-0.15, -0.1) is 0 Å². The highest BCUT2D eigenvalue weighted by molar-refractivity contribution is 5.93. The normalized spacial score (nSPS) is 11.6. The van der Waals surface area contributed by atoms with Crippen LogP contribution in [0.25, 0.3) is 6.08 Å². The van der Waals surface area contributed by atoms with Crippen molar-refractivity contribution in [2.75, 3.05) is 6.61 Å². The molecule has 0 saturated carbocycles. The van der Waals surface area contributed by atoms with Crippen molar-refractivity contribution in [1.82, 2.24) is 9.78 Å². The molecule has 0 radical (unpaired) electrons. The van der Waals surface area contributed by atoms with Crippen molar-refractivity contribution in [3.05, 3.63) is 58.4 Å². The van der Waals surface area contributed by atoms with E-state index in [0.717, 1.165) is 17.0 Å². The maximum absolute atomic E-state index is 12.2. The summed E-state index contributed by atoms with van der Waals surface area (Å²) in [6.45, 7) is 9.00. The first kappa shape index (κ1) is 17.0. The number of benzene rings is 1. The van der Waals surface area contributed by atoms with Gasteiger partial charge in [0.1, 0.15) is 0 Å². The first-order valence-corrected chi connectivity index (χ1v) is 7.96. The van der Waals surface area contributed by atoms with Crippen molar-refractivity contribution in [3.63, 3.8) is 0 Å². The van der Waals surface area contributed by atoms with Crippen molar-refractivity contribution in [2.45, 2.75) is 40.7 Å². The van der Waals surface area contributed by atoms with Crippen LogP contribution in [-0.4, -0.2) is 22.4 Å². The number of hydrogen-bond acceptors (Lipinski definition) is 3. The van der Waals surface area contributed by atoms with Crippen LogP contribution in [-0.2, 0) is 16.1 Å². The molecule has 0 aliphatic rings. The summed E-state index contributed by atoms with van der Waals surface area (Å²) in [5.41, 5.74) is 5.05. The number of aryl methyl sites for hydroxylation is 2. The summed E-state index contributed by atoms with van der Waals surface area (Å²) in [5, 5.41) is 4.53. The molecule has 0 atom stereocenters. The highest BCUT2D eigenvalue weighted by Gasteiger charge is 2.13. The van der Waals surface area contributed by atoms with E-state index >= 15 is 0 Å². The summed E-state index contributed by atoms with van der Waals surface area (Å²) in [4.78, 5) is 12.2. The molecule has 0 bridgehead atoms. The zero-order chi connectivity index (χ0) is 16.8. The van der Waals surface area contributed by atoms with Crippen molar-refractivity contribution in [1.29, 1.82) is 0 Å². The van der Waals surface area contributed by atoms with Crippen molar-refractivity contribution < 1.29 is 9.53 Å². The number of rotatable bonds is 6. The number of esters is 1. The van der Waals surface area contributed by atoms with E-state index in [-0.39, 0.29) is 5.97 Å². The molecule has 1 heterocycles. The molecule has 0 N–H and O–H groups in total. The van der Waals surface area contributed by atoms with Gasteiger partial charge in [-0.05, 0) is 51.3 Å². The first-order valence-electron chi connectivity index (χ1n) is 7.96. The molecule has 0 amide bonds. The van der Waals surface area contributed by atoms with E-state index in [0.29, 0.717) is 25.1 Å². The quantitative estimate of drug-likeness (QED) is 0.601. The summed E-state index contributed by atoms with van der Waals surface area (Å²) < 4.78 is 7.15. The molecule has 0 spiro atoms. The molecule has 23 heavy (non-hydrogen) atoms. The summed E-state index contributed by atoms with van der Waals surface area (Å²) in [6.07, 6.45) is 2.49. The molecule has 4 heteroatoms. The van der Waals surface area contributed by atoms with Crippen LogP contribution in [0.1, 0.15) is 35.9 Å². The fraction of sp³-hybridized carbons (Fsp3) is 0.368. The van der Waals surface area contributed by atoms with E-state index in [2.05, 4.69) is 18.9 Å². The van der Waals surface area contributed by atoms with E-state index < -0.39 is 0 Å². The molecule has 122 valence electrons. The lowest BCUT2D eigenvalue weighted by Gasteiger charge is -2.09. The van der Waals surface area contributed by atoms with Gasteiger partial charge in [0.25, 0.3) is 0 Å². The van der Waals surface area contributed by atoms with Gasteiger partial charge in [-0.25, -0.2) is 4.79 Å². The summed E-state index contributed by atoms with van der Waals surface area (Å²) in [7, 11) is 0. The monoisotopic (exact) mass is 312 g/mol. The third-order valence-corrected chi connectivity index (χ3v) is 4.01. The van der Waals surface area contributed by atoms with E-state index in [4.69, 9.17) is 4.74 Å². The molecule has 2 aromatic rings. The lowest BCUT2D eigenvalue weighted by atomic mass is 10.1. The van der Waals surface area contributed by atoms with Gasteiger partial charge in [0.05, 0.1) is 12.3 Å². The fourth-order valence-electron chi connectivity index (χ4n) is 2.44. The third-order valence-electron chi connectivity index (χ3n) is 4.01. The highest BCUT2D eigenvalue weighted by Crippen LogP contribution is 2.16. The predicted molar refractivity (Wildman–Crippen MR) is 92.1 cm³/mol.